The second kappa shape index (κ2) is 10.6. The number of amides is 2. The van der Waals surface area contributed by atoms with Gasteiger partial charge in [-0.3, -0.25) is 14.5 Å². The Morgan fingerprint density at radius 2 is 1.76 bits per heavy atom. The van der Waals surface area contributed by atoms with Crippen molar-refractivity contribution in [2.45, 2.75) is 32.5 Å². The predicted molar refractivity (Wildman–Crippen MR) is 102 cm³/mol. The lowest BCUT2D eigenvalue weighted by Crippen LogP contribution is -2.45. The first kappa shape index (κ1) is 23.2. The summed E-state index contributed by atoms with van der Waals surface area (Å²) < 4.78 is 43.9. The smallest absolute Gasteiger partial charge is 0.379 e. The lowest BCUT2D eigenvalue weighted by atomic mass is 10.0. The number of morpholine rings is 1. The van der Waals surface area contributed by atoms with Crippen molar-refractivity contribution in [3.8, 4) is 0 Å². The number of hydrogen-bond donors (Lipinski definition) is 2. The minimum atomic E-state index is -4.39. The van der Waals surface area contributed by atoms with Crippen LogP contribution >= 0.6 is 0 Å². The summed E-state index contributed by atoms with van der Waals surface area (Å²) in [4.78, 5) is 26.0. The number of nitrogens with zero attached hydrogens (tertiary/aromatic N) is 1. The van der Waals surface area contributed by atoms with Crippen molar-refractivity contribution in [1.29, 1.82) is 0 Å². The Kier molecular flexibility index (Phi) is 8.45. The van der Waals surface area contributed by atoms with Crippen LogP contribution < -0.4 is 10.6 Å². The number of alkyl halides is 3. The number of hydrogen-bond acceptors (Lipinski definition) is 4. The molecule has 1 saturated heterocycles. The highest BCUT2D eigenvalue weighted by Gasteiger charge is 2.31. The van der Waals surface area contributed by atoms with Crippen molar-refractivity contribution >= 4 is 11.8 Å². The zero-order valence-electron chi connectivity index (χ0n) is 16.7. The molecule has 2 amide bonds. The molecule has 2 unspecified atom stereocenters. The maximum Gasteiger partial charge on any atom is 0.416 e. The molecule has 0 spiro atoms. The zero-order chi connectivity index (χ0) is 21.4. The van der Waals surface area contributed by atoms with Gasteiger partial charge in [-0.2, -0.15) is 13.2 Å². The van der Waals surface area contributed by atoms with E-state index < -0.39 is 11.7 Å². The van der Waals surface area contributed by atoms with E-state index in [9.17, 15) is 22.8 Å². The van der Waals surface area contributed by atoms with Crippen LogP contribution in [0.2, 0.25) is 0 Å². The van der Waals surface area contributed by atoms with Gasteiger partial charge in [0.15, 0.2) is 0 Å². The van der Waals surface area contributed by atoms with Crippen LogP contribution in [0.1, 0.15) is 37.4 Å². The Balaban J connectivity index is 2.01. The highest BCUT2D eigenvalue weighted by atomic mass is 19.4. The number of rotatable bonds is 8. The first-order valence-electron chi connectivity index (χ1n) is 9.75. The monoisotopic (exact) mass is 415 g/mol. The first-order chi connectivity index (χ1) is 13.7. The normalized spacial score (nSPS) is 17.4. The number of halogens is 3. The number of nitrogens with one attached hydrogen (secondary N) is 2. The first-order valence-corrected chi connectivity index (χ1v) is 9.75. The average Bonchev–Trinajstić information content (AvgIpc) is 2.72. The fraction of sp³-hybridized carbons (Fsp3) is 0.600. The van der Waals surface area contributed by atoms with E-state index in [1.54, 1.807) is 6.92 Å². The number of benzene rings is 1. The van der Waals surface area contributed by atoms with E-state index in [4.69, 9.17) is 4.74 Å². The van der Waals surface area contributed by atoms with Crippen LogP contribution in [0.25, 0.3) is 0 Å². The van der Waals surface area contributed by atoms with Crippen LogP contribution in [0.4, 0.5) is 13.2 Å². The summed E-state index contributed by atoms with van der Waals surface area (Å²) >= 11 is 0. The summed E-state index contributed by atoms with van der Waals surface area (Å²) in [7, 11) is 0. The van der Waals surface area contributed by atoms with Crippen LogP contribution in [0.15, 0.2) is 24.3 Å². The lowest BCUT2D eigenvalue weighted by molar-refractivity contribution is -0.137. The molecule has 9 heteroatoms. The molecule has 1 aliphatic rings. The molecule has 1 heterocycles. The molecule has 0 radical (unpaired) electrons. The molecule has 2 rings (SSSR count). The van der Waals surface area contributed by atoms with Gasteiger partial charge >= 0.3 is 6.18 Å². The van der Waals surface area contributed by atoms with Gasteiger partial charge in [0.2, 0.25) is 11.8 Å². The molecule has 0 aromatic heterocycles. The van der Waals surface area contributed by atoms with Gasteiger partial charge in [-0.15, -0.1) is 0 Å². The zero-order valence-corrected chi connectivity index (χ0v) is 16.7. The lowest BCUT2D eigenvalue weighted by Gasteiger charge is -2.35. The van der Waals surface area contributed by atoms with E-state index in [0.29, 0.717) is 38.3 Å². The van der Waals surface area contributed by atoms with E-state index in [-0.39, 0.29) is 36.9 Å². The summed E-state index contributed by atoms with van der Waals surface area (Å²) in [6.45, 7) is 6.05. The van der Waals surface area contributed by atoms with E-state index >= 15 is 0 Å². The molecule has 162 valence electrons. The van der Waals surface area contributed by atoms with Gasteiger partial charge in [0.25, 0.3) is 0 Å². The molecular formula is C20H28F3N3O3. The van der Waals surface area contributed by atoms with Gasteiger partial charge in [-0.25, -0.2) is 0 Å². The van der Waals surface area contributed by atoms with E-state index in [1.807, 2.05) is 6.92 Å². The quantitative estimate of drug-likeness (QED) is 0.684. The molecule has 0 saturated carbocycles. The Bertz CT molecular complexity index is 674. The number of carbonyl (C=O) groups excluding carboxylic acids is 2. The average molecular weight is 415 g/mol. The molecular weight excluding hydrogens is 387 g/mol. The summed E-state index contributed by atoms with van der Waals surface area (Å²) in [6, 6.07) is 4.71. The Labute approximate surface area is 168 Å². The predicted octanol–water partition coefficient (Wildman–Crippen LogP) is 2.36. The Hall–Kier alpha value is -2.13. The van der Waals surface area contributed by atoms with Crippen LogP contribution in [0.5, 0.6) is 0 Å². The molecule has 1 aromatic carbocycles. The third-order valence-corrected chi connectivity index (χ3v) is 5.08. The van der Waals surface area contributed by atoms with Gasteiger partial charge in [0.1, 0.15) is 0 Å². The van der Waals surface area contributed by atoms with Crippen LogP contribution in [-0.2, 0) is 20.5 Å². The van der Waals surface area contributed by atoms with Crippen LogP contribution in [0, 0.1) is 5.92 Å². The number of carbonyl (C=O) groups is 2. The van der Waals surface area contributed by atoms with E-state index in [0.717, 1.165) is 12.1 Å². The van der Waals surface area contributed by atoms with Gasteiger partial charge < -0.3 is 15.4 Å². The maximum atomic E-state index is 12.8. The fourth-order valence-electron chi connectivity index (χ4n) is 3.04. The van der Waals surface area contributed by atoms with Gasteiger partial charge in [-0.05, 0) is 24.1 Å². The van der Waals surface area contributed by atoms with Crippen molar-refractivity contribution in [3.63, 3.8) is 0 Å². The highest BCUT2D eigenvalue weighted by Crippen LogP contribution is 2.31. The van der Waals surface area contributed by atoms with Crippen molar-refractivity contribution in [1.82, 2.24) is 15.5 Å². The molecule has 1 fully saturated rings. The molecule has 2 N–H and O–H groups in total. The molecule has 0 bridgehead atoms. The Morgan fingerprint density at radius 3 is 2.31 bits per heavy atom. The molecule has 0 aliphatic carbocycles. The minimum Gasteiger partial charge on any atom is -0.379 e. The topological polar surface area (TPSA) is 70.7 Å². The van der Waals surface area contributed by atoms with Crippen LogP contribution in [0.3, 0.4) is 0 Å². The van der Waals surface area contributed by atoms with Crippen molar-refractivity contribution < 1.29 is 27.5 Å². The second-order valence-corrected chi connectivity index (χ2v) is 7.12. The summed E-state index contributed by atoms with van der Waals surface area (Å²) in [6.07, 6.45) is -3.71. The van der Waals surface area contributed by atoms with Gasteiger partial charge in [0.05, 0.1) is 31.4 Å². The number of ether oxygens (including phenoxy) is 1. The van der Waals surface area contributed by atoms with E-state index in [2.05, 4.69) is 15.5 Å². The third-order valence-electron chi connectivity index (χ3n) is 5.08. The third kappa shape index (κ3) is 7.01. The molecule has 1 aliphatic heterocycles. The fourth-order valence-corrected chi connectivity index (χ4v) is 3.04. The molecule has 29 heavy (non-hydrogen) atoms. The van der Waals surface area contributed by atoms with Crippen molar-refractivity contribution in [3.05, 3.63) is 35.4 Å². The molecule has 6 nitrogen and oxygen atoms in total. The van der Waals surface area contributed by atoms with Crippen molar-refractivity contribution in [2.75, 3.05) is 39.4 Å². The summed E-state index contributed by atoms with van der Waals surface area (Å²) in [5.74, 6) is -0.696. The summed E-state index contributed by atoms with van der Waals surface area (Å²) in [5.41, 5.74) is -0.0254. The molecule has 2 atom stereocenters. The van der Waals surface area contributed by atoms with Crippen LogP contribution in [-0.4, -0.2) is 56.1 Å². The SMILES string of the molecule is CCC(C)C(=O)NCC(=O)NCC(c1ccc(C(F)(F)F)cc1)N1CCOCC1. The standard InChI is InChI=1S/C20H28F3N3O3/c1-3-14(2)19(28)25-13-18(27)24-12-17(26-8-10-29-11-9-26)15-4-6-16(7-5-15)20(21,22)23/h4-7,14,17H,3,8-13H2,1-2H3,(H,24,27)(H,25,28). The molecule has 1 aromatic rings. The highest BCUT2D eigenvalue weighted by molar-refractivity contribution is 5.85. The maximum absolute atomic E-state index is 12.8. The largest absolute Gasteiger partial charge is 0.416 e. The summed E-state index contributed by atoms with van der Waals surface area (Å²) in [5, 5.41) is 5.37. The minimum absolute atomic E-state index is 0.133. The van der Waals surface area contributed by atoms with Gasteiger partial charge in [0, 0.05) is 25.6 Å². The van der Waals surface area contributed by atoms with E-state index in [1.165, 1.54) is 12.1 Å². The van der Waals surface area contributed by atoms with Crippen molar-refractivity contribution in [2.24, 2.45) is 5.92 Å². The Morgan fingerprint density at radius 1 is 1.14 bits per heavy atom. The second-order valence-electron chi connectivity index (χ2n) is 7.12. The van der Waals surface area contributed by atoms with Gasteiger partial charge in [-0.1, -0.05) is 26.0 Å².